The molecule has 7 heteroatoms. The third-order valence-corrected chi connectivity index (χ3v) is 3.21. The van der Waals surface area contributed by atoms with Crippen molar-refractivity contribution in [2.45, 2.75) is 6.35 Å². The van der Waals surface area contributed by atoms with Crippen molar-refractivity contribution in [3.63, 3.8) is 0 Å². The number of nitrogens with zero attached hydrogens (tertiary/aromatic N) is 5. The minimum Gasteiger partial charge on any atom is -0.336 e. The van der Waals surface area contributed by atoms with Gasteiger partial charge in [0, 0.05) is 39.3 Å². The summed E-state index contributed by atoms with van der Waals surface area (Å²) in [4.78, 5) is 15.0. The van der Waals surface area contributed by atoms with Crippen LogP contribution in [0.4, 0.5) is 0 Å². The summed E-state index contributed by atoms with van der Waals surface area (Å²) in [6, 6.07) is 0. The van der Waals surface area contributed by atoms with Crippen LogP contribution in [0.25, 0.3) is 0 Å². The number of aliphatic imine (C=N–C) groups is 1. The molecular weight excluding hydrogens is 208 g/mol. The summed E-state index contributed by atoms with van der Waals surface area (Å²) < 4.78 is 0. The van der Waals surface area contributed by atoms with E-state index in [1.54, 1.807) is 0 Å². The van der Waals surface area contributed by atoms with Gasteiger partial charge in [-0.25, -0.2) is 9.83 Å². The number of rotatable bonds is 2. The van der Waals surface area contributed by atoms with Crippen molar-refractivity contribution in [3.05, 3.63) is 0 Å². The molecule has 0 aromatic carbocycles. The second-order valence-corrected chi connectivity index (χ2v) is 4.54. The predicted octanol–water partition coefficient (Wildman–Crippen LogP) is -1.72. The van der Waals surface area contributed by atoms with Gasteiger partial charge < -0.3 is 10.2 Å². The molecule has 1 atom stereocenters. The average molecular weight is 224 g/mol. The standard InChI is InChI=1S/C9H16N6O/c1-2-14(7-10-1)15-8(12-3-4-12)11-9(16-15)13-5-6-13/h9-10H,1-7H2. The van der Waals surface area contributed by atoms with E-state index in [4.69, 9.17) is 4.84 Å². The van der Waals surface area contributed by atoms with Gasteiger partial charge in [-0.2, -0.15) is 5.01 Å². The van der Waals surface area contributed by atoms with Gasteiger partial charge in [-0.1, -0.05) is 0 Å². The van der Waals surface area contributed by atoms with Gasteiger partial charge in [-0.15, -0.1) is 5.17 Å². The molecule has 4 rings (SSSR count). The third-order valence-electron chi connectivity index (χ3n) is 3.21. The Morgan fingerprint density at radius 1 is 1.19 bits per heavy atom. The third kappa shape index (κ3) is 1.47. The molecule has 3 fully saturated rings. The molecule has 1 N–H and O–H groups in total. The highest BCUT2D eigenvalue weighted by atomic mass is 16.8. The summed E-state index contributed by atoms with van der Waals surface area (Å²) in [6.07, 6.45) is -0.0869. The highest BCUT2D eigenvalue weighted by Gasteiger charge is 2.43. The lowest BCUT2D eigenvalue weighted by atomic mass is 10.7. The molecule has 0 radical (unpaired) electrons. The van der Waals surface area contributed by atoms with Gasteiger partial charge in [0.05, 0.1) is 6.67 Å². The second-order valence-electron chi connectivity index (χ2n) is 4.54. The molecule has 0 aromatic rings. The summed E-state index contributed by atoms with van der Waals surface area (Å²) in [7, 11) is 0. The minimum absolute atomic E-state index is 0.0869. The SMILES string of the molecule is C1CN(N2OC(N3CC3)N=C2N2CC2)CN1. The van der Waals surface area contributed by atoms with Crippen molar-refractivity contribution in [1.29, 1.82) is 0 Å². The van der Waals surface area contributed by atoms with Gasteiger partial charge in [0.25, 0.3) is 0 Å². The van der Waals surface area contributed by atoms with Gasteiger partial charge in [0.1, 0.15) is 0 Å². The molecule has 4 heterocycles. The fourth-order valence-corrected chi connectivity index (χ4v) is 2.03. The first kappa shape index (κ1) is 9.17. The van der Waals surface area contributed by atoms with Crippen LogP contribution in [0.1, 0.15) is 0 Å². The average Bonchev–Trinajstić information content (AvgIpc) is 3.22. The maximum atomic E-state index is 5.88. The fraction of sp³-hybridized carbons (Fsp3) is 0.889. The van der Waals surface area contributed by atoms with Crippen molar-refractivity contribution in [1.82, 2.24) is 25.3 Å². The van der Waals surface area contributed by atoms with Crippen LogP contribution < -0.4 is 5.32 Å². The Hall–Kier alpha value is -0.890. The normalized spacial score (nSPS) is 34.8. The molecule has 1 unspecified atom stereocenters. The molecule has 16 heavy (non-hydrogen) atoms. The van der Waals surface area contributed by atoms with Gasteiger partial charge in [-0.3, -0.25) is 4.90 Å². The Labute approximate surface area is 94.2 Å². The highest BCUT2D eigenvalue weighted by Crippen LogP contribution is 2.25. The van der Waals surface area contributed by atoms with Gasteiger partial charge in [0.2, 0.25) is 12.3 Å². The van der Waals surface area contributed by atoms with Crippen LogP contribution >= 0.6 is 0 Å². The maximum Gasteiger partial charge on any atom is 0.241 e. The van der Waals surface area contributed by atoms with Crippen molar-refractivity contribution in [2.24, 2.45) is 4.99 Å². The van der Waals surface area contributed by atoms with Crippen molar-refractivity contribution in [2.75, 3.05) is 45.9 Å². The smallest absolute Gasteiger partial charge is 0.241 e. The summed E-state index contributed by atoms with van der Waals surface area (Å²) in [5, 5.41) is 7.36. The van der Waals surface area contributed by atoms with E-state index in [1.807, 2.05) is 5.17 Å². The molecule has 7 nitrogen and oxygen atoms in total. The number of hydrogen-bond acceptors (Lipinski definition) is 7. The zero-order chi connectivity index (χ0) is 10.5. The van der Waals surface area contributed by atoms with E-state index in [-0.39, 0.29) is 6.35 Å². The minimum atomic E-state index is -0.0869. The lowest BCUT2D eigenvalue weighted by molar-refractivity contribution is -0.253. The highest BCUT2D eigenvalue weighted by molar-refractivity contribution is 5.81. The van der Waals surface area contributed by atoms with E-state index in [9.17, 15) is 0 Å². The number of hydrogen-bond donors (Lipinski definition) is 1. The Kier molecular flexibility index (Phi) is 1.89. The van der Waals surface area contributed by atoms with Crippen LogP contribution in [0.15, 0.2) is 4.99 Å². The zero-order valence-corrected chi connectivity index (χ0v) is 9.17. The lowest BCUT2D eigenvalue weighted by Crippen LogP contribution is -2.46. The first-order chi connectivity index (χ1) is 7.92. The van der Waals surface area contributed by atoms with E-state index < -0.39 is 0 Å². The zero-order valence-electron chi connectivity index (χ0n) is 9.17. The van der Waals surface area contributed by atoms with Crippen LogP contribution in [-0.2, 0) is 4.84 Å². The molecule has 3 saturated heterocycles. The topological polar surface area (TPSA) is 46.1 Å². The second kappa shape index (κ2) is 3.30. The molecule has 0 amide bonds. The van der Waals surface area contributed by atoms with E-state index in [1.165, 1.54) is 0 Å². The molecular formula is C9H16N6O. The number of hydrazine groups is 1. The molecule has 88 valence electrons. The fourth-order valence-electron chi connectivity index (χ4n) is 2.03. The van der Waals surface area contributed by atoms with Crippen molar-refractivity contribution >= 4 is 5.96 Å². The Morgan fingerprint density at radius 2 is 2.06 bits per heavy atom. The molecule has 0 saturated carbocycles. The molecule has 4 aliphatic rings. The van der Waals surface area contributed by atoms with Crippen LogP contribution in [-0.4, -0.2) is 78.2 Å². The Bertz CT molecular complexity index is 320. The van der Waals surface area contributed by atoms with E-state index in [0.717, 1.165) is 51.9 Å². The summed E-state index contributed by atoms with van der Waals surface area (Å²) in [6.45, 7) is 7.26. The summed E-state index contributed by atoms with van der Waals surface area (Å²) in [5.74, 6) is 0.987. The molecule has 0 bridgehead atoms. The van der Waals surface area contributed by atoms with Crippen molar-refractivity contribution < 1.29 is 4.84 Å². The quantitative estimate of drug-likeness (QED) is 0.563. The lowest BCUT2D eigenvalue weighted by Gasteiger charge is -2.28. The van der Waals surface area contributed by atoms with Gasteiger partial charge in [-0.05, 0) is 0 Å². The van der Waals surface area contributed by atoms with Gasteiger partial charge >= 0.3 is 0 Å². The van der Waals surface area contributed by atoms with E-state index >= 15 is 0 Å². The molecule has 0 spiro atoms. The largest absolute Gasteiger partial charge is 0.336 e. The van der Waals surface area contributed by atoms with E-state index in [0.29, 0.717) is 0 Å². The van der Waals surface area contributed by atoms with E-state index in [2.05, 4.69) is 25.1 Å². The monoisotopic (exact) mass is 224 g/mol. The van der Waals surface area contributed by atoms with Gasteiger partial charge in [0.15, 0.2) is 0 Å². The Morgan fingerprint density at radius 3 is 2.69 bits per heavy atom. The first-order valence-electron chi connectivity index (χ1n) is 5.91. The van der Waals surface area contributed by atoms with Crippen LogP contribution in [0.2, 0.25) is 0 Å². The summed E-state index contributed by atoms with van der Waals surface area (Å²) >= 11 is 0. The first-order valence-corrected chi connectivity index (χ1v) is 5.91. The van der Waals surface area contributed by atoms with Crippen LogP contribution in [0.5, 0.6) is 0 Å². The maximum absolute atomic E-state index is 5.88. The summed E-state index contributed by atoms with van der Waals surface area (Å²) in [5.41, 5.74) is 0. The predicted molar refractivity (Wildman–Crippen MR) is 56.9 cm³/mol. The number of hydroxylamine groups is 1. The Balaban J connectivity index is 1.53. The number of nitrogens with one attached hydrogen (secondary N) is 1. The van der Waals surface area contributed by atoms with Crippen LogP contribution in [0, 0.1) is 0 Å². The molecule has 0 aliphatic carbocycles. The van der Waals surface area contributed by atoms with Crippen molar-refractivity contribution in [3.8, 4) is 0 Å². The van der Waals surface area contributed by atoms with Crippen LogP contribution in [0.3, 0.4) is 0 Å². The number of guanidine groups is 1. The molecule has 0 aromatic heterocycles. The molecule has 4 aliphatic heterocycles.